The SMILES string of the molecule is COc1ccc(CN2C[C@H](C(=O)NCc3ccccc3)CC2=O)cc1. The number of methoxy groups -OCH3 is 1. The molecule has 2 aromatic carbocycles. The van der Waals surface area contributed by atoms with Gasteiger partial charge in [-0.3, -0.25) is 9.59 Å². The third-order valence-corrected chi connectivity index (χ3v) is 4.43. The highest BCUT2D eigenvalue weighted by molar-refractivity contribution is 5.89. The van der Waals surface area contributed by atoms with E-state index in [-0.39, 0.29) is 24.2 Å². The van der Waals surface area contributed by atoms with E-state index in [0.717, 1.165) is 16.9 Å². The van der Waals surface area contributed by atoms with Crippen molar-refractivity contribution in [1.82, 2.24) is 10.2 Å². The van der Waals surface area contributed by atoms with E-state index in [1.165, 1.54) is 0 Å². The highest BCUT2D eigenvalue weighted by Gasteiger charge is 2.34. The van der Waals surface area contributed by atoms with Crippen molar-refractivity contribution >= 4 is 11.8 Å². The van der Waals surface area contributed by atoms with E-state index < -0.39 is 0 Å². The first-order valence-electron chi connectivity index (χ1n) is 8.38. The standard InChI is InChI=1S/C20H22N2O3/c1-25-18-9-7-16(8-10-18)13-22-14-17(11-19(22)23)20(24)21-12-15-5-3-2-4-6-15/h2-10,17H,11-14H2,1H3,(H,21,24)/t17-/m1/s1. The molecular formula is C20H22N2O3. The minimum Gasteiger partial charge on any atom is -0.497 e. The Morgan fingerprint density at radius 2 is 1.84 bits per heavy atom. The van der Waals surface area contributed by atoms with Crippen molar-refractivity contribution in [2.24, 2.45) is 5.92 Å². The van der Waals surface area contributed by atoms with Gasteiger partial charge in [0.15, 0.2) is 0 Å². The summed E-state index contributed by atoms with van der Waals surface area (Å²) >= 11 is 0. The smallest absolute Gasteiger partial charge is 0.225 e. The predicted octanol–water partition coefficient (Wildman–Crippen LogP) is 2.36. The Morgan fingerprint density at radius 3 is 2.52 bits per heavy atom. The van der Waals surface area contributed by atoms with Crippen LogP contribution in [0.15, 0.2) is 54.6 Å². The number of nitrogens with zero attached hydrogens (tertiary/aromatic N) is 1. The summed E-state index contributed by atoms with van der Waals surface area (Å²) in [5, 5.41) is 2.93. The molecule has 0 aromatic heterocycles. The molecule has 0 saturated carbocycles. The van der Waals surface area contributed by atoms with Gasteiger partial charge in [-0.15, -0.1) is 0 Å². The molecule has 1 aliphatic rings. The molecule has 3 rings (SSSR count). The monoisotopic (exact) mass is 338 g/mol. The van der Waals surface area contributed by atoms with Crippen LogP contribution in [0.5, 0.6) is 5.75 Å². The van der Waals surface area contributed by atoms with Gasteiger partial charge in [-0.1, -0.05) is 42.5 Å². The molecule has 1 N–H and O–H groups in total. The summed E-state index contributed by atoms with van der Waals surface area (Å²) in [7, 11) is 1.62. The van der Waals surface area contributed by atoms with Crippen molar-refractivity contribution < 1.29 is 14.3 Å². The Labute approximate surface area is 147 Å². The van der Waals surface area contributed by atoms with E-state index in [1.54, 1.807) is 12.0 Å². The van der Waals surface area contributed by atoms with Crippen molar-refractivity contribution in [2.45, 2.75) is 19.5 Å². The fraction of sp³-hybridized carbons (Fsp3) is 0.300. The first kappa shape index (κ1) is 17.0. The quantitative estimate of drug-likeness (QED) is 0.880. The van der Waals surface area contributed by atoms with Gasteiger partial charge in [0.1, 0.15) is 5.75 Å². The molecular weight excluding hydrogens is 316 g/mol. The molecule has 0 radical (unpaired) electrons. The van der Waals surface area contributed by atoms with Crippen LogP contribution in [0.4, 0.5) is 0 Å². The molecule has 0 aliphatic carbocycles. The van der Waals surface area contributed by atoms with Gasteiger partial charge in [-0.25, -0.2) is 0 Å². The number of hydrogen-bond acceptors (Lipinski definition) is 3. The number of nitrogens with one attached hydrogen (secondary N) is 1. The summed E-state index contributed by atoms with van der Waals surface area (Å²) in [6, 6.07) is 17.4. The third-order valence-electron chi connectivity index (χ3n) is 4.43. The number of carbonyl (C=O) groups excluding carboxylic acids is 2. The Kier molecular flexibility index (Phi) is 5.33. The van der Waals surface area contributed by atoms with Crippen molar-refractivity contribution in [2.75, 3.05) is 13.7 Å². The molecule has 5 heteroatoms. The molecule has 0 bridgehead atoms. The van der Waals surface area contributed by atoms with E-state index in [2.05, 4.69) is 5.32 Å². The van der Waals surface area contributed by atoms with Crippen LogP contribution in [0, 0.1) is 5.92 Å². The van der Waals surface area contributed by atoms with Crippen molar-refractivity contribution in [3.63, 3.8) is 0 Å². The van der Waals surface area contributed by atoms with Crippen LogP contribution in [0.3, 0.4) is 0 Å². The fourth-order valence-electron chi connectivity index (χ4n) is 2.98. The second kappa shape index (κ2) is 7.83. The number of ether oxygens (including phenoxy) is 1. The number of hydrogen-bond donors (Lipinski definition) is 1. The largest absolute Gasteiger partial charge is 0.497 e. The fourth-order valence-corrected chi connectivity index (χ4v) is 2.98. The number of carbonyl (C=O) groups is 2. The van der Waals surface area contributed by atoms with Gasteiger partial charge >= 0.3 is 0 Å². The van der Waals surface area contributed by atoms with Crippen molar-refractivity contribution in [3.8, 4) is 5.75 Å². The number of likely N-dealkylation sites (tertiary alicyclic amines) is 1. The normalized spacial score (nSPS) is 16.8. The lowest BCUT2D eigenvalue weighted by Crippen LogP contribution is -2.32. The molecule has 2 amide bonds. The summed E-state index contributed by atoms with van der Waals surface area (Å²) in [5.74, 6) is 0.467. The second-order valence-corrected chi connectivity index (χ2v) is 6.23. The van der Waals surface area contributed by atoms with Crippen LogP contribution in [-0.4, -0.2) is 30.4 Å². The second-order valence-electron chi connectivity index (χ2n) is 6.23. The van der Waals surface area contributed by atoms with Gasteiger partial charge in [0.2, 0.25) is 11.8 Å². The van der Waals surface area contributed by atoms with Crippen LogP contribution in [-0.2, 0) is 22.7 Å². The molecule has 1 atom stereocenters. The van der Waals surface area contributed by atoms with Crippen molar-refractivity contribution in [1.29, 1.82) is 0 Å². The molecule has 5 nitrogen and oxygen atoms in total. The highest BCUT2D eigenvalue weighted by Crippen LogP contribution is 2.21. The minimum atomic E-state index is -0.283. The maximum Gasteiger partial charge on any atom is 0.225 e. The molecule has 25 heavy (non-hydrogen) atoms. The van der Waals surface area contributed by atoms with E-state index >= 15 is 0 Å². The Hall–Kier alpha value is -2.82. The maximum atomic E-state index is 12.3. The van der Waals surface area contributed by atoms with Gasteiger partial charge in [0.25, 0.3) is 0 Å². The summed E-state index contributed by atoms with van der Waals surface area (Å²) in [6.45, 7) is 1.47. The van der Waals surface area contributed by atoms with Gasteiger partial charge in [-0.2, -0.15) is 0 Å². The van der Waals surface area contributed by atoms with E-state index in [0.29, 0.717) is 19.6 Å². The van der Waals surface area contributed by atoms with Crippen molar-refractivity contribution in [3.05, 3.63) is 65.7 Å². The lowest BCUT2D eigenvalue weighted by molar-refractivity contribution is -0.129. The predicted molar refractivity (Wildman–Crippen MR) is 94.8 cm³/mol. The lowest BCUT2D eigenvalue weighted by atomic mass is 10.1. The average Bonchev–Trinajstić information content (AvgIpc) is 3.02. The van der Waals surface area contributed by atoms with Crippen LogP contribution in [0.2, 0.25) is 0 Å². The van der Waals surface area contributed by atoms with Gasteiger partial charge in [0.05, 0.1) is 13.0 Å². The van der Waals surface area contributed by atoms with Crippen LogP contribution in [0.25, 0.3) is 0 Å². The minimum absolute atomic E-state index is 0.0238. The van der Waals surface area contributed by atoms with Gasteiger partial charge < -0.3 is 15.0 Å². The molecule has 0 unspecified atom stereocenters. The van der Waals surface area contributed by atoms with E-state index in [1.807, 2.05) is 54.6 Å². The summed E-state index contributed by atoms with van der Waals surface area (Å²) in [6.07, 6.45) is 0.275. The van der Waals surface area contributed by atoms with Gasteiger partial charge in [-0.05, 0) is 23.3 Å². The summed E-state index contributed by atoms with van der Waals surface area (Å²) in [4.78, 5) is 26.3. The first-order chi connectivity index (χ1) is 12.2. The van der Waals surface area contributed by atoms with Gasteiger partial charge in [0, 0.05) is 26.1 Å². The Morgan fingerprint density at radius 1 is 1.12 bits per heavy atom. The molecule has 1 saturated heterocycles. The molecule has 2 aromatic rings. The molecule has 1 heterocycles. The summed E-state index contributed by atoms with van der Waals surface area (Å²) in [5.41, 5.74) is 2.08. The van der Waals surface area contributed by atoms with Crippen LogP contribution in [0.1, 0.15) is 17.5 Å². The lowest BCUT2D eigenvalue weighted by Gasteiger charge is -2.17. The molecule has 130 valence electrons. The topological polar surface area (TPSA) is 58.6 Å². The maximum absolute atomic E-state index is 12.3. The molecule has 1 fully saturated rings. The Balaban J connectivity index is 1.53. The molecule has 0 spiro atoms. The number of benzene rings is 2. The summed E-state index contributed by atoms with van der Waals surface area (Å²) < 4.78 is 5.14. The van der Waals surface area contributed by atoms with E-state index in [4.69, 9.17) is 4.74 Å². The Bertz CT molecular complexity index is 728. The zero-order valence-electron chi connectivity index (χ0n) is 14.3. The zero-order chi connectivity index (χ0) is 17.6. The zero-order valence-corrected chi connectivity index (χ0v) is 14.3. The van der Waals surface area contributed by atoms with Crippen LogP contribution >= 0.6 is 0 Å². The molecule has 1 aliphatic heterocycles. The number of amides is 2. The first-order valence-corrected chi connectivity index (χ1v) is 8.38. The third kappa shape index (κ3) is 4.38. The van der Waals surface area contributed by atoms with Crippen LogP contribution < -0.4 is 10.1 Å². The number of rotatable bonds is 6. The average molecular weight is 338 g/mol. The highest BCUT2D eigenvalue weighted by atomic mass is 16.5. The van der Waals surface area contributed by atoms with E-state index in [9.17, 15) is 9.59 Å².